The minimum Gasteiger partial charge on any atom is -0.381 e. The molecule has 0 atom stereocenters. The van der Waals surface area contributed by atoms with Crippen molar-refractivity contribution in [3.63, 3.8) is 0 Å². The summed E-state index contributed by atoms with van der Waals surface area (Å²) < 4.78 is 2.63. The first kappa shape index (κ1) is 9.27. The molecule has 0 aliphatic heterocycles. The smallest absolute Gasteiger partial charge is 0.160 e. The number of nitrogens with two attached hydrogens (primary N) is 1. The van der Waals surface area contributed by atoms with Gasteiger partial charge in [-0.2, -0.15) is 5.10 Å². The Kier molecular flexibility index (Phi) is 2.29. The standard InChI is InChI=1S/C10H10BrN3/c1-14-9(8(11)10(12)13-14)7-5-3-2-4-6-7/h2-6H,1H3,(H2,12,13). The van der Waals surface area contributed by atoms with Crippen LogP contribution in [0.15, 0.2) is 34.8 Å². The van der Waals surface area contributed by atoms with Gasteiger partial charge in [-0.15, -0.1) is 0 Å². The van der Waals surface area contributed by atoms with Crippen LogP contribution in [-0.4, -0.2) is 9.78 Å². The molecule has 1 aromatic heterocycles. The van der Waals surface area contributed by atoms with Crippen molar-refractivity contribution in [2.45, 2.75) is 0 Å². The predicted molar refractivity (Wildman–Crippen MR) is 60.8 cm³/mol. The molecule has 0 spiro atoms. The number of aryl methyl sites for hydroxylation is 1. The van der Waals surface area contributed by atoms with Gasteiger partial charge in [0.05, 0.1) is 10.2 Å². The lowest BCUT2D eigenvalue weighted by molar-refractivity contribution is 0.780. The van der Waals surface area contributed by atoms with Gasteiger partial charge in [0.1, 0.15) is 0 Å². The van der Waals surface area contributed by atoms with E-state index in [4.69, 9.17) is 5.73 Å². The third-order valence-electron chi connectivity index (χ3n) is 2.06. The van der Waals surface area contributed by atoms with Gasteiger partial charge >= 0.3 is 0 Å². The molecule has 0 unspecified atom stereocenters. The quantitative estimate of drug-likeness (QED) is 0.847. The minimum absolute atomic E-state index is 0.520. The van der Waals surface area contributed by atoms with Crippen LogP contribution in [-0.2, 0) is 7.05 Å². The van der Waals surface area contributed by atoms with Gasteiger partial charge < -0.3 is 5.73 Å². The number of hydrogen-bond acceptors (Lipinski definition) is 2. The lowest BCUT2D eigenvalue weighted by Crippen LogP contribution is -1.94. The van der Waals surface area contributed by atoms with E-state index in [-0.39, 0.29) is 0 Å². The molecule has 3 nitrogen and oxygen atoms in total. The van der Waals surface area contributed by atoms with Crippen LogP contribution in [0.1, 0.15) is 0 Å². The predicted octanol–water partition coefficient (Wildman–Crippen LogP) is 2.43. The molecule has 0 bridgehead atoms. The molecule has 1 aromatic carbocycles. The molecule has 2 aromatic rings. The largest absolute Gasteiger partial charge is 0.381 e. The maximum absolute atomic E-state index is 5.70. The number of anilines is 1. The highest BCUT2D eigenvalue weighted by Crippen LogP contribution is 2.31. The summed E-state index contributed by atoms with van der Waals surface area (Å²) in [5.74, 6) is 0.520. The second-order valence-electron chi connectivity index (χ2n) is 3.04. The van der Waals surface area contributed by atoms with Crippen molar-refractivity contribution >= 4 is 21.7 Å². The molecule has 72 valence electrons. The number of nitrogens with zero attached hydrogens (tertiary/aromatic N) is 2. The molecule has 2 rings (SSSR count). The van der Waals surface area contributed by atoms with Gasteiger partial charge in [0.25, 0.3) is 0 Å². The Balaban J connectivity index is 2.62. The molecule has 0 radical (unpaired) electrons. The SMILES string of the molecule is Cn1nc(N)c(Br)c1-c1ccccc1. The van der Waals surface area contributed by atoms with Crippen molar-refractivity contribution in [1.29, 1.82) is 0 Å². The number of halogens is 1. The summed E-state index contributed by atoms with van der Waals surface area (Å²) in [6.45, 7) is 0. The second-order valence-corrected chi connectivity index (χ2v) is 3.83. The zero-order valence-electron chi connectivity index (χ0n) is 7.74. The Hall–Kier alpha value is -1.29. The van der Waals surface area contributed by atoms with E-state index in [9.17, 15) is 0 Å². The van der Waals surface area contributed by atoms with E-state index in [2.05, 4.69) is 21.0 Å². The van der Waals surface area contributed by atoms with Gasteiger partial charge in [0.15, 0.2) is 5.82 Å². The molecule has 0 aliphatic rings. The normalized spacial score (nSPS) is 10.4. The van der Waals surface area contributed by atoms with Crippen molar-refractivity contribution in [2.75, 3.05) is 5.73 Å². The van der Waals surface area contributed by atoms with Crippen LogP contribution in [0.2, 0.25) is 0 Å². The van der Waals surface area contributed by atoms with E-state index in [0.29, 0.717) is 5.82 Å². The summed E-state index contributed by atoms with van der Waals surface area (Å²) in [4.78, 5) is 0. The molecule has 14 heavy (non-hydrogen) atoms. The fraction of sp³-hybridized carbons (Fsp3) is 0.100. The summed E-state index contributed by atoms with van der Waals surface area (Å²) in [6, 6.07) is 10.0. The van der Waals surface area contributed by atoms with E-state index in [1.807, 2.05) is 37.4 Å². The Morgan fingerprint density at radius 3 is 2.43 bits per heavy atom. The Morgan fingerprint density at radius 2 is 1.93 bits per heavy atom. The van der Waals surface area contributed by atoms with Gasteiger partial charge in [0.2, 0.25) is 0 Å². The van der Waals surface area contributed by atoms with Crippen LogP contribution >= 0.6 is 15.9 Å². The van der Waals surface area contributed by atoms with Crippen molar-refractivity contribution < 1.29 is 0 Å². The fourth-order valence-corrected chi connectivity index (χ4v) is 1.99. The van der Waals surface area contributed by atoms with Crippen LogP contribution in [0.4, 0.5) is 5.82 Å². The summed E-state index contributed by atoms with van der Waals surface area (Å²) in [6.07, 6.45) is 0. The summed E-state index contributed by atoms with van der Waals surface area (Å²) in [7, 11) is 1.88. The van der Waals surface area contributed by atoms with Crippen molar-refractivity contribution in [3.05, 3.63) is 34.8 Å². The van der Waals surface area contributed by atoms with E-state index in [1.54, 1.807) is 4.68 Å². The van der Waals surface area contributed by atoms with Gasteiger partial charge in [-0.1, -0.05) is 30.3 Å². The molecule has 0 aliphatic carbocycles. The van der Waals surface area contributed by atoms with Gasteiger partial charge in [-0.3, -0.25) is 4.68 Å². The van der Waals surface area contributed by atoms with Crippen molar-refractivity contribution in [3.8, 4) is 11.3 Å². The third-order valence-corrected chi connectivity index (χ3v) is 2.84. The van der Waals surface area contributed by atoms with Crippen molar-refractivity contribution in [1.82, 2.24) is 9.78 Å². The third kappa shape index (κ3) is 1.42. The van der Waals surface area contributed by atoms with Crippen molar-refractivity contribution in [2.24, 2.45) is 7.05 Å². The number of rotatable bonds is 1. The Bertz CT molecular complexity index is 448. The summed E-state index contributed by atoms with van der Waals surface area (Å²) >= 11 is 3.43. The second kappa shape index (κ2) is 3.46. The van der Waals surface area contributed by atoms with Gasteiger partial charge in [0, 0.05) is 12.6 Å². The van der Waals surface area contributed by atoms with E-state index < -0.39 is 0 Å². The maximum Gasteiger partial charge on any atom is 0.160 e. The monoisotopic (exact) mass is 251 g/mol. The highest BCUT2D eigenvalue weighted by Gasteiger charge is 2.12. The zero-order valence-corrected chi connectivity index (χ0v) is 9.32. The number of aromatic nitrogens is 2. The first-order valence-corrected chi connectivity index (χ1v) is 5.03. The van der Waals surface area contributed by atoms with Crippen LogP contribution < -0.4 is 5.73 Å². The Morgan fingerprint density at radius 1 is 1.29 bits per heavy atom. The van der Waals surface area contributed by atoms with Gasteiger partial charge in [-0.25, -0.2) is 0 Å². The molecular formula is C10H10BrN3. The fourth-order valence-electron chi connectivity index (χ4n) is 1.43. The first-order chi connectivity index (χ1) is 6.70. The molecule has 1 heterocycles. The lowest BCUT2D eigenvalue weighted by Gasteiger charge is -2.01. The Labute approximate surface area is 90.7 Å². The topological polar surface area (TPSA) is 43.8 Å². The number of nitrogen functional groups attached to an aromatic ring is 1. The van der Waals surface area contributed by atoms with E-state index in [1.165, 1.54) is 0 Å². The van der Waals surface area contributed by atoms with Crippen LogP contribution in [0.5, 0.6) is 0 Å². The minimum atomic E-state index is 0.520. The molecule has 4 heteroatoms. The highest BCUT2D eigenvalue weighted by atomic mass is 79.9. The molecule has 0 saturated heterocycles. The molecular weight excluding hydrogens is 242 g/mol. The average Bonchev–Trinajstić information content (AvgIpc) is 2.43. The van der Waals surface area contributed by atoms with Crippen LogP contribution in [0.3, 0.4) is 0 Å². The number of benzene rings is 1. The number of hydrogen-bond donors (Lipinski definition) is 1. The van der Waals surface area contributed by atoms with E-state index in [0.717, 1.165) is 15.7 Å². The summed E-state index contributed by atoms with van der Waals surface area (Å²) in [5, 5.41) is 4.13. The average molecular weight is 252 g/mol. The lowest BCUT2D eigenvalue weighted by atomic mass is 10.1. The van der Waals surface area contributed by atoms with E-state index >= 15 is 0 Å². The molecule has 0 saturated carbocycles. The molecule has 0 amide bonds. The zero-order chi connectivity index (χ0) is 10.1. The highest BCUT2D eigenvalue weighted by molar-refractivity contribution is 9.10. The molecule has 0 fully saturated rings. The summed E-state index contributed by atoms with van der Waals surface area (Å²) in [5.41, 5.74) is 7.81. The maximum atomic E-state index is 5.70. The van der Waals surface area contributed by atoms with Gasteiger partial charge in [-0.05, 0) is 15.9 Å². The molecule has 2 N–H and O–H groups in total. The van der Waals surface area contributed by atoms with Crippen LogP contribution in [0, 0.1) is 0 Å². The van der Waals surface area contributed by atoms with Crippen LogP contribution in [0.25, 0.3) is 11.3 Å². The first-order valence-electron chi connectivity index (χ1n) is 4.23.